The summed E-state index contributed by atoms with van der Waals surface area (Å²) in [5.41, 5.74) is 0. The van der Waals surface area contributed by atoms with Crippen LogP contribution in [0.5, 0.6) is 0 Å². The molecular formula is C16H25N5O16P2. The topological polar surface area (TPSA) is 323 Å². The number of fused-ring (bicyclic) bond motifs is 1. The quantitative estimate of drug-likeness (QED) is 0.110. The van der Waals surface area contributed by atoms with Gasteiger partial charge in [0, 0.05) is 0 Å². The Kier molecular flexibility index (Phi) is 8.70. The van der Waals surface area contributed by atoms with Crippen molar-refractivity contribution in [1.29, 1.82) is 5.41 Å². The molecule has 21 nitrogen and oxygen atoms in total. The maximum atomic E-state index is 12.3. The fourth-order valence-electron chi connectivity index (χ4n) is 3.96. The van der Waals surface area contributed by atoms with E-state index in [1.165, 1.54) is 0 Å². The fourth-order valence-corrected chi connectivity index (χ4v) is 6.11. The number of aliphatic hydroxyl groups is 6. The van der Waals surface area contributed by atoms with E-state index in [0.29, 0.717) is 0 Å². The predicted molar refractivity (Wildman–Crippen MR) is 120 cm³/mol. The molecule has 0 bridgehead atoms. The van der Waals surface area contributed by atoms with E-state index in [-0.39, 0.29) is 5.84 Å². The minimum atomic E-state index is -5.60. The van der Waals surface area contributed by atoms with Crippen LogP contribution >= 0.6 is 15.6 Å². The van der Waals surface area contributed by atoms with Crippen LogP contribution in [0.4, 0.5) is 0 Å². The first-order valence-corrected chi connectivity index (χ1v) is 13.9. The summed E-state index contributed by atoms with van der Waals surface area (Å²) in [4.78, 5) is 40.5. The summed E-state index contributed by atoms with van der Waals surface area (Å²) >= 11 is 0. The van der Waals surface area contributed by atoms with Crippen LogP contribution in [0.1, 0.15) is 0 Å². The number of nitrogens with zero attached hydrogens (tertiary/aromatic N) is 3. The van der Waals surface area contributed by atoms with E-state index in [9.17, 15) is 49.2 Å². The van der Waals surface area contributed by atoms with Crippen molar-refractivity contribution in [1.82, 2.24) is 10.2 Å². The molecule has 0 saturated carbocycles. The van der Waals surface area contributed by atoms with E-state index in [0.717, 1.165) is 11.2 Å². The van der Waals surface area contributed by atoms with Gasteiger partial charge in [0.25, 0.3) is 5.91 Å². The van der Waals surface area contributed by atoms with Gasteiger partial charge < -0.3 is 49.9 Å². The number of aliphatic imine (C=N–C) groups is 2. The molecule has 0 aromatic rings. The summed E-state index contributed by atoms with van der Waals surface area (Å²) in [7, 11) is -11.1. The van der Waals surface area contributed by atoms with E-state index in [2.05, 4.69) is 28.7 Å². The first kappa shape index (κ1) is 30.2. The zero-order chi connectivity index (χ0) is 28.9. The molecule has 0 spiro atoms. The lowest BCUT2D eigenvalue weighted by molar-refractivity contribution is -0.280. The minimum absolute atomic E-state index is 0.0932. The second kappa shape index (κ2) is 11.2. The Balaban J connectivity index is 1.35. The minimum Gasteiger partial charge on any atom is -0.394 e. The monoisotopic (exact) mass is 605 g/mol. The van der Waals surface area contributed by atoms with Crippen LogP contribution < -0.4 is 5.32 Å². The summed E-state index contributed by atoms with van der Waals surface area (Å²) in [5, 5.41) is 68.9. The number of phosphoric acid groups is 2. The molecule has 23 heteroatoms. The van der Waals surface area contributed by atoms with Crippen molar-refractivity contribution in [2.75, 3.05) is 13.2 Å². The molecule has 2 saturated heterocycles. The van der Waals surface area contributed by atoms with Gasteiger partial charge in [-0.1, -0.05) is 0 Å². The molecule has 12 unspecified atom stereocenters. The van der Waals surface area contributed by atoms with Crippen molar-refractivity contribution in [2.24, 2.45) is 9.98 Å². The lowest BCUT2D eigenvalue weighted by Crippen LogP contribution is -2.58. The first-order valence-electron chi connectivity index (χ1n) is 11.0. The zero-order valence-electron chi connectivity index (χ0n) is 19.3. The lowest BCUT2D eigenvalue weighted by Gasteiger charge is -2.39. The molecule has 0 aromatic heterocycles. The second-order valence-corrected chi connectivity index (χ2v) is 11.5. The zero-order valence-corrected chi connectivity index (χ0v) is 21.1. The summed E-state index contributed by atoms with van der Waals surface area (Å²) in [5.74, 6) is -1.27. The standard InChI is InChI=1S/C16H25N5O16P2/c17-16-19-12-6(13(28)20-16)18-3-21(12)14-10(26)8(24)5(34-14)2-33-38(29,30)37-39(31,32)36-15-11(27)9(25)7(23)4(1-22)35-15/h3-11,14-15,22-27H,1-2H2,(H,29,30)(H,31,32)(H2,17,20,28). The third-order valence-corrected chi connectivity index (χ3v) is 8.47. The van der Waals surface area contributed by atoms with Gasteiger partial charge in [0.1, 0.15) is 42.7 Å². The molecule has 12 atom stereocenters. The van der Waals surface area contributed by atoms with Crippen LogP contribution in [-0.2, 0) is 36.8 Å². The average molecular weight is 605 g/mol. The van der Waals surface area contributed by atoms with E-state index < -0.39 is 102 Å². The normalized spacial score (nSPS) is 41.5. The van der Waals surface area contributed by atoms with Crippen molar-refractivity contribution in [3.05, 3.63) is 0 Å². The molecular weight excluding hydrogens is 580 g/mol. The smallest absolute Gasteiger partial charge is 0.394 e. The highest BCUT2D eigenvalue weighted by molar-refractivity contribution is 7.61. The van der Waals surface area contributed by atoms with Gasteiger partial charge in [-0.3, -0.25) is 34.5 Å². The molecule has 0 aliphatic carbocycles. The Hall–Kier alpha value is -1.78. The SMILES string of the molecule is N=C1N=C2C(N=CN2C2OC(COP(=O)(O)OP(=O)(O)OC3OC(CO)C(O)C(O)C3O)C(O)C2O)C(=O)N1. The number of phosphoric ester groups is 2. The molecule has 4 rings (SSSR count). The van der Waals surface area contributed by atoms with Gasteiger partial charge in [0.05, 0.1) is 19.6 Å². The number of carbonyl (C=O) groups excluding carboxylic acids is 1. The van der Waals surface area contributed by atoms with Crippen LogP contribution in [0, 0.1) is 5.41 Å². The molecule has 10 N–H and O–H groups in total. The van der Waals surface area contributed by atoms with Crippen molar-refractivity contribution < 1.29 is 77.2 Å². The van der Waals surface area contributed by atoms with E-state index >= 15 is 0 Å². The highest BCUT2D eigenvalue weighted by atomic mass is 31.3. The van der Waals surface area contributed by atoms with Crippen LogP contribution in [0.25, 0.3) is 0 Å². The maximum absolute atomic E-state index is 12.3. The number of nitrogens with one attached hydrogen (secondary N) is 2. The number of hydrogen-bond donors (Lipinski definition) is 10. The van der Waals surface area contributed by atoms with E-state index in [1.54, 1.807) is 0 Å². The van der Waals surface area contributed by atoms with Crippen molar-refractivity contribution in [3.8, 4) is 0 Å². The Labute approximate surface area is 217 Å². The molecule has 4 aliphatic rings. The second-order valence-electron chi connectivity index (χ2n) is 8.55. The van der Waals surface area contributed by atoms with Crippen LogP contribution in [0.15, 0.2) is 9.98 Å². The fraction of sp³-hybridized carbons (Fsp3) is 0.750. The summed E-state index contributed by atoms with van der Waals surface area (Å²) < 4.78 is 48.0. The first-order chi connectivity index (χ1) is 18.1. The lowest BCUT2D eigenvalue weighted by atomic mass is 10.00. The molecule has 4 aliphatic heterocycles. The number of guanidine groups is 1. The van der Waals surface area contributed by atoms with Crippen LogP contribution in [0.3, 0.4) is 0 Å². The Morgan fingerprint density at radius 1 is 1.00 bits per heavy atom. The molecule has 39 heavy (non-hydrogen) atoms. The largest absolute Gasteiger partial charge is 0.483 e. The number of amidine groups is 1. The number of aliphatic hydroxyl groups excluding tert-OH is 6. The molecule has 0 aromatic carbocycles. The van der Waals surface area contributed by atoms with E-state index in [1.807, 2.05) is 0 Å². The van der Waals surface area contributed by atoms with Gasteiger partial charge in [-0.25, -0.2) is 9.13 Å². The Morgan fingerprint density at radius 3 is 2.33 bits per heavy atom. The number of hydrogen-bond acceptors (Lipinski definition) is 17. The molecule has 2 fully saturated rings. The van der Waals surface area contributed by atoms with Gasteiger partial charge in [-0.15, -0.1) is 0 Å². The van der Waals surface area contributed by atoms with Crippen LogP contribution in [-0.4, -0.2) is 144 Å². The van der Waals surface area contributed by atoms with Gasteiger partial charge in [0.2, 0.25) is 5.96 Å². The third kappa shape index (κ3) is 6.27. The number of amides is 1. The molecule has 4 heterocycles. The molecule has 1 amide bonds. The highest BCUT2D eigenvalue weighted by Gasteiger charge is 2.52. The van der Waals surface area contributed by atoms with Gasteiger partial charge in [-0.05, 0) is 0 Å². The molecule has 220 valence electrons. The van der Waals surface area contributed by atoms with E-state index in [4.69, 9.17) is 20.0 Å². The highest BCUT2D eigenvalue weighted by Crippen LogP contribution is 2.61. The number of rotatable bonds is 9. The van der Waals surface area contributed by atoms with Crippen LogP contribution in [0.2, 0.25) is 0 Å². The predicted octanol–water partition coefficient (Wildman–Crippen LogP) is -5.34. The van der Waals surface area contributed by atoms with Gasteiger partial charge in [0.15, 0.2) is 24.4 Å². The molecule has 0 radical (unpaired) electrons. The average Bonchev–Trinajstić information content (AvgIpc) is 3.38. The Bertz CT molecular complexity index is 1140. The van der Waals surface area contributed by atoms with Gasteiger partial charge in [-0.2, -0.15) is 9.30 Å². The summed E-state index contributed by atoms with van der Waals surface area (Å²) in [6.45, 7) is -1.90. The van der Waals surface area contributed by atoms with Crippen molar-refractivity contribution in [3.63, 3.8) is 0 Å². The Morgan fingerprint density at radius 2 is 1.67 bits per heavy atom. The number of carbonyl (C=O) groups is 1. The maximum Gasteiger partial charge on any atom is 0.483 e. The summed E-state index contributed by atoms with van der Waals surface area (Å²) in [6.07, 6.45) is -15.0. The van der Waals surface area contributed by atoms with Crippen molar-refractivity contribution in [2.45, 2.75) is 61.3 Å². The summed E-state index contributed by atoms with van der Waals surface area (Å²) in [6, 6.07) is -1.14. The third-order valence-electron chi connectivity index (χ3n) is 5.87. The van der Waals surface area contributed by atoms with Crippen molar-refractivity contribution >= 4 is 39.7 Å². The van der Waals surface area contributed by atoms with Gasteiger partial charge >= 0.3 is 15.6 Å². The number of ether oxygens (including phenoxy) is 2.